The maximum absolute atomic E-state index is 14.4. The summed E-state index contributed by atoms with van der Waals surface area (Å²) in [7, 11) is 0. The van der Waals surface area contributed by atoms with E-state index in [2.05, 4.69) is 5.32 Å². The molecule has 1 nitrogen and oxygen atoms in total. The SMILES string of the molecule is CCCNC(c1ccccc1Cl)c1c(F)ccc(C)c1F. The van der Waals surface area contributed by atoms with Gasteiger partial charge in [0.2, 0.25) is 0 Å². The molecule has 21 heavy (non-hydrogen) atoms. The summed E-state index contributed by atoms with van der Waals surface area (Å²) in [4.78, 5) is 0. The van der Waals surface area contributed by atoms with E-state index in [0.717, 1.165) is 6.42 Å². The van der Waals surface area contributed by atoms with Crippen LogP contribution >= 0.6 is 11.6 Å². The van der Waals surface area contributed by atoms with Crippen LogP contribution in [0.4, 0.5) is 8.78 Å². The first-order chi connectivity index (χ1) is 10.1. The third-order valence-electron chi connectivity index (χ3n) is 3.42. The first-order valence-corrected chi connectivity index (χ1v) is 7.36. The standard InChI is InChI=1S/C17H18ClF2N/c1-3-10-21-17(12-6-4-5-7-13(12)18)15-14(19)9-8-11(2)16(15)20/h4-9,17,21H,3,10H2,1-2H3. The van der Waals surface area contributed by atoms with E-state index in [-0.39, 0.29) is 5.56 Å². The lowest BCUT2D eigenvalue weighted by atomic mass is 9.95. The molecular weight excluding hydrogens is 292 g/mol. The quantitative estimate of drug-likeness (QED) is 0.818. The van der Waals surface area contributed by atoms with Crippen molar-refractivity contribution >= 4 is 11.6 Å². The highest BCUT2D eigenvalue weighted by Gasteiger charge is 2.24. The first kappa shape index (κ1) is 15.9. The Hall–Kier alpha value is -1.45. The second kappa shape index (κ2) is 7.01. The van der Waals surface area contributed by atoms with E-state index in [1.165, 1.54) is 12.1 Å². The monoisotopic (exact) mass is 309 g/mol. The van der Waals surface area contributed by atoms with Crippen molar-refractivity contribution in [3.63, 3.8) is 0 Å². The van der Waals surface area contributed by atoms with Gasteiger partial charge in [0.25, 0.3) is 0 Å². The van der Waals surface area contributed by atoms with Crippen LogP contribution < -0.4 is 5.32 Å². The van der Waals surface area contributed by atoms with Gasteiger partial charge in [-0.3, -0.25) is 0 Å². The van der Waals surface area contributed by atoms with Crippen molar-refractivity contribution in [2.45, 2.75) is 26.3 Å². The molecule has 1 atom stereocenters. The highest BCUT2D eigenvalue weighted by molar-refractivity contribution is 6.31. The largest absolute Gasteiger partial charge is 0.306 e. The highest BCUT2D eigenvalue weighted by atomic mass is 35.5. The summed E-state index contributed by atoms with van der Waals surface area (Å²) < 4.78 is 28.6. The van der Waals surface area contributed by atoms with Crippen LogP contribution in [-0.4, -0.2) is 6.54 Å². The summed E-state index contributed by atoms with van der Waals surface area (Å²) in [5.74, 6) is -1.09. The molecule has 2 aromatic rings. The molecule has 2 aromatic carbocycles. The average Bonchev–Trinajstić information content (AvgIpc) is 2.47. The van der Waals surface area contributed by atoms with Crippen molar-refractivity contribution in [2.75, 3.05) is 6.54 Å². The van der Waals surface area contributed by atoms with Crippen molar-refractivity contribution < 1.29 is 8.78 Å². The van der Waals surface area contributed by atoms with Gasteiger partial charge in [-0.2, -0.15) is 0 Å². The number of aryl methyl sites for hydroxylation is 1. The Morgan fingerprint density at radius 2 is 1.86 bits per heavy atom. The molecule has 2 rings (SSSR count). The predicted molar refractivity (Wildman–Crippen MR) is 82.7 cm³/mol. The van der Waals surface area contributed by atoms with Crippen molar-refractivity contribution in [2.24, 2.45) is 0 Å². The predicted octanol–water partition coefficient (Wildman–Crippen LogP) is 5.02. The summed E-state index contributed by atoms with van der Waals surface area (Å²) in [6.07, 6.45) is 0.857. The molecule has 0 fully saturated rings. The fraction of sp³-hybridized carbons (Fsp3) is 0.294. The van der Waals surface area contributed by atoms with Gasteiger partial charge in [-0.1, -0.05) is 42.8 Å². The molecule has 0 spiro atoms. The summed E-state index contributed by atoms with van der Waals surface area (Å²) in [5, 5.41) is 3.68. The zero-order valence-electron chi connectivity index (χ0n) is 12.1. The molecule has 0 saturated heterocycles. The fourth-order valence-corrected chi connectivity index (χ4v) is 2.55. The maximum atomic E-state index is 14.4. The number of hydrogen-bond donors (Lipinski definition) is 1. The van der Waals surface area contributed by atoms with Crippen LogP contribution in [0.2, 0.25) is 5.02 Å². The van der Waals surface area contributed by atoms with Gasteiger partial charge in [-0.25, -0.2) is 8.78 Å². The zero-order chi connectivity index (χ0) is 15.4. The van der Waals surface area contributed by atoms with Crippen LogP contribution in [0, 0.1) is 18.6 Å². The third-order valence-corrected chi connectivity index (χ3v) is 3.77. The number of halogens is 3. The maximum Gasteiger partial charge on any atom is 0.134 e. The number of nitrogens with one attached hydrogen (secondary N) is 1. The summed E-state index contributed by atoms with van der Waals surface area (Å²) in [5.41, 5.74) is 1.12. The molecule has 4 heteroatoms. The number of benzene rings is 2. The van der Waals surface area contributed by atoms with Crippen LogP contribution in [0.1, 0.15) is 36.1 Å². The van der Waals surface area contributed by atoms with E-state index in [9.17, 15) is 8.78 Å². The minimum absolute atomic E-state index is 0.0246. The Morgan fingerprint density at radius 3 is 2.52 bits per heavy atom. The minimum atomic E-state index is -0.599. The molecule has 0 bridgehead atoms. The molecule has 0 aliphatic heterocycles. The van der Waals surface area contributed by atoms with Gasteiger partial charge in [0.05, 0.1) is 6.04 Å². The summed E-state index contributed by atoms with van der Waals surface area (Å²) >= 11 is 6.21. The Labute approximate surface area is 128 Å². The van der Waals surface area contributed by atoms with Gasteiger partial charge >= 0.3 is 0 Å². The Morgan fingerprint density at radius 1 is 1.14 bits per heavy atom. The Kier molecular flexibility index (Phi) is 5.32. The first-order valence-electron chi connectivity index (χ1n) is 6.98. The van der Waals surface area contributed by atoms with Gasteiger partial charge < -0.3 is 5.32 Å². The van der Waals surface area contributed by atoms with Crippen LogP contribution in [0.3, 0.4) is 0 Å². The summed E-state index contributed by atoms with van der Waals surface area (Å²) in [6, 6.07) is 9.26. The molecule has 0 aliphatic rings. The molecule has 0 aliphatic carbocycles. The topological polar surface area (TPSA) is 12.0 Å². The second-order valence-corrected chi connectivity index (χ2v) is 5.41. The van der Waals surface area contributed by atoms with E-state index in [0.29, 0.717) is 22.7 Å². The van der Waals surface area contributed by atoms with E-state index >= 15 is 0 Å². The van der Waals surface area contributed by atoms with E-state index < -0.39 is 17.7 Å². The molecule has 1 unspecified atom stereocenters. The molecule has 0 amide bonds. The van der Waals surface area contributed by atoms with E-state index in [1.54, 1.807) is 25.1 Å². The van der Waals surface area contributed by atoms with Gasteiger partial charge in [-0.05, 0) is 43.1 Å². The van der Waals surface area contributed by atoms with Crippen LogP contribution in [-0.2, 0) is 0 Å². The van der Waals surface area contributed by atoms with Gasteiger partial charge in [-0.15, -0.1) is 0 Å². The van der Waals surface area contributed by atoms with Gasteiger partial charge in [0.15, 0.2) is 0 Å². The lowest BCUT2D eigenvalue weighted by Crippen LogP contribution is -2.25. The van der Waals surface area contributed by atoms with E-state index in [4.69, 9.17) is 11.6 Å². The number of hydrogen-bond acceptors (Lipinski definition) is 1. The lowest BCUT2D eigenvalue weighted by Gasteiger charge is -2.22. The Balaban J connectivity index is 2.56. The van der Waals surface area contributed by atoms with Gasteiger partial charge in [0.1, 0.15) is 11.6 Å². The van der Waals surface area contributed by atoms with Gasteiger partial charge in [0, 0.05) is 10.6 Å². The molecule has 1 N–H and O–H groups in total. The molecule has 0 aromatic heterocycles. The van der Waals surface area contributed by atoms with Crippen molar-refractivity contribution in [1.29, 1.82) is 0 Å². The van der Waals surface area contributed by atoms with Crippen molar-refractivity contribution in [1.82, 2.24) is 5.32 Å². The highest BCUT2D eigenvalue weighted by Crippen LogP contribution is 2.32. The molecule has 0 heterocycles. The van der Waals surface area contributed by atoms with Crippen LogP contribution in [0.15, 0.2) is 36.4 Å². The van der Waals surface area contributed by atoms with Crippen molar-refractivity contribution in [3.8, 4) is 0 Å². The fourth-order valence-electron chi connectivity index (χ4n) is 2.31. The minimum Gasteiger partial charge on any atom is -0.306 e. The molecule has 112 valence electrons. The Bertz CT molecular complexity index is 628. The molecule has 0 radical (unpaired) electrons. The third kappa shape index (κ3) is 3.42. The van der Waals surface area contributed by atoms with E-state index in [1.807, 2.05) is 13.0 Å². The smallest absolute Gasteiger partial charge is 0.134 e. The van der Waals surface area contributed by atoms with Crippen molar-refractivity contribution in [3.05, 3.63) is 69.7 Å². The van der Waals surface area contributed by atoms with Crippen LogP contribution in [0.5, 0.6) is 0 Å². The normalized spacial score (nSPS) is 12.4. The second-order valence-electron chi connectivity index (χ2n) is 5.00. The van der Waals surface area contributed by atoms with Crippen LogP contribution in [0.25, 0.3) is 0 Å². The summed E-state index contributed by atoms with van der Waals surface area (Å²) in [6.45, 7) is 4.27. The average molecular weight is 310 g/mol. The molecule has 0 saturated carbocycles. The zero-order valence-corrected chi connectivity index (χ0v) is 12.8. The lowest BCUT2D eigenvalue weighted by molar-refractivity contribution is 0.499. The molecular formula is C17H18ClF2N. The number of rotatable bonds is 5.